The maximum atomic E-state index is 10.5. The molecule has 2 rings (SSSR count). The Hall–Kier alpha value is -0.860. The predicted octanol–water partition coefficient (Wildman–Crippen LogP) is 6.85. The number of H-pyrrole nitrogens is 1. The van der Waals surface area contributed by atoms with Crippen molar-refractivity contribution in [3.63, 3.8) is 0 Å². The minimum atomic E-state index is -3.65. The standard InChI is InChI=1S/C21H39N.C3H6NO4S2/c1-2-3-4-5-6-7-8-9-10-11-12-13-14-15-16-18-21-19-17-20-22-21;5-9(6)2-1-3-10(7,8)4-9/h17,19-20,22H,2-16,18H2,1H3;1-3H2/q;-1. The van der Waals surface area contributed by atoms with E-state index in [9.17, 15) is 16.8 Å². The highest BCUT2D eigenvalue weighted by Gasteiger charge is 2.14. The van der Waals surface area contributed by atoms with E-state index in [1.54, 1.807) is 0 Å². The Balaban J connectivity index is 0.000000425. The first-order chi connectivity index (χ1) is 15.3. The second-order valence-corrected chi connectivity index (χ2v) is 12.6. The summed E-state index contributed by atoms with van der Waals surface area (Å²) >= 11 is 0. The van der Waals surface area contributed by atoms with Crippen LogP contribution in [0.2, 0.25) is 0 Å². The Bertz CT molecular complexity index is 728. The van der Waals surface area contributed by atoms with Crippen LogP contribution in [0.4, 0.5) is 0 Å². The molecule has 0 saturated carbocycles. The quantitative estimate of drug-likeness (QED) is 0.257. The first kappa shape index (κ1) is 29.2. The van der Waals surface area contributed by atoms with Gasteiger partial charge in [0.05, 0.1) is 20.0 Å². The molecular weight excluding hydrogens is 444 g/mol. The second kappa shape index (κ2) is 17.6. The number of aromatic amines is 1. The topological polar surface area (TPSA) is 98.2 Å². The molecule has 1 aromatic rings. The monoisotopic (exact) mass is 489 g/mol. The summed E-state index contributed by atoms with van der Waals surface area (Å²) in [5.41, 5.74) is 1.40. The summed E-state index contributed by atoms with van der Waals surface area (Å²) < 4.78 is 44.8. The number of aryl methyl sites for hydroxylation is 1. The fraction of sp³-hybridized carbons (Fsp3) is 0.833. The lowest BCUT2D eigenvalue weighted by atomic mass is 10.0. The molecule has 1 aromatic heterocycles. The van der Waals surface area contributed by atoms with Gasteiger partial charge in [0.25, 0.3) is 0 Å². The first-order valence-corrected chi connectivity index (χ1v) is 15.9. The van der Waals surface area contributed by atoms with Gasteiger partial charge < -0.3 is 9.11 Å². The molecule has 188 valence electrons. The fourth-order valence-corrected chi connectivity index (χ4v) is 7.06. The third-order valence-electron chi connectivity index (χ3n) is 5.74. The van der Waals surface area contributed by atoms with Gasteiger partial charge in [-0.2, -0.15) is 0 Å². The van der Waals surface area contributed by atoms with E-state index in [2.05, 4.69) is 28.2 Å². The van der Waals surface area contributed by atoms with Gasteiger partial charge in [0.2, 0.25) is 0 Å². The summed E-state index contributed by atoms with van der Waals surface area (Å²) in [6, 6.07) is 4.30. The molecule has 2 heterocycles. The molecule has 0 atom stereocenters. The van der Waals surface area contributed by atoms with Gasteiger partial charge in [0.1, 0.15) is 0 Å². The molecule has 0 amide bonds. The van der Waals surface area contributed by atoms with E-state index in [-0.39, 0.29) is 17.9 Å². The van der Waals surface area contributed by atoms with Crippen LogP contribution in [0.25, 0.3) is 4.13 Å². The molecule has 0 aromatic carbocycles. The average Bonchev–Trinajstić information content (AvgIpc) is 3.23. The molecule has 0 unspecified atom stereocenters. The summed E-state index contributed by atoms with van der Waals surface area (Å²) in [5.74, 6) is -0.293. The third-order valence-corrected chi connectivity index (χ3v) is 9.17. The van der Waals surface area contributed by atoms with E-state index >= 15 is 0 Å². The minimum absolute atomic E-state index is 0.147. The van der Waals surface area contributed by atoms with Crippen LogP contribution in [0.3, 0.4) is 0 Å². The average molecular weight is 490 g/mol. The highest BCUT2D eigenvalue weighted by molar-refractivity contribution is 8.12. The third kappa shape index (κ3) is 16.7. The van der Waals surface area contributed by atoms with Crippen LogP contribution in [-0.4, -0.2) is 33.3 Å². The smallest absolute Gasteiger partial charge is 0.0830 e. The van der Waals surface area contributed by atoms with Crippen LogP contribution >= 0.6 is 0 Å². The Morgan fingerprint density at radius 3 is 1.50 bits per heavy atom. The van der Waals surface area contributed by atoms with Crippen molar-refractivity contribution in [2.75, 3.05) is 11.5 Å². The summed E-state index contributed by atoms with van der Waals surface area (Å²) in [6.07, 6.45) is 25.1. The Kier molecular flexibility index (Phi) is 16.0. The molecule has 1 aliphatic heterocycles. The number of aromatic nitrogens is 1. The van der Waals surface area contributed by atoms with Crippen molar-refractivity contribution in [1.82, 2.24) is 4.98 Å². The largest absolute Gasteiger partial charge is 0.436 e. The van der Waals surface area contributed by atoms with Gasteiger partial charge in [-0.15, -0.1) is 0 Å². The summed E-state index contributed by atoms with van der Waals surface area (Å²) in [6.45, 7) is 2.29. The molecule has 0 radical (unpaired) electrons. The van der Waals surface area contributed by atoms with Gasteiger partial charge in [-0.25, -0.2) is 16.8 Å². The van der Waals surface area contributed by atoms with Crippen molar-refractivity contribution in [3.05, 3.63) is 28.2 Å². The molecular formula is C24H45N2O4S2-. The summed E-state index contributed by atoms with van der Waals surface area (Å²) in [4.78, 5) is 3.29. The maximum Gasteiger partial charge on any atom is 0.0830 e. The minimum Gasteiger partial charge on any atom is -0.436 e. The molecule has 8 heteroatoms. The lowest BCUT2D eigenvalue weighted by Crippen LogP contribution is -2.20. The molecule has 6 nitrogen and oxygen atoms in total. The summed E-state index contributed by atoms with van der Waals surface area (Å²) in [5, 5.41) is 0. The zero-order valence-corrected chi connectivity index (χ0v) is 21.7. The van der Waals surface area contributed by atoms with E-state index in [4.69, 9.17) is 0 Å². The van der Waals surface area contributed by atoms with Crippen LogP contribution in [-0.2, 0) is 26.5 Å². The van der Waals surface area contributed by atoms with Gasteiger partial charge in [0, 0.05) is 23.4 Å². The highest BCUT2D eigenvalue weighted by atomic mass is 32.3. The second-order valence-electron chi connectivity index (χ2n) is 8.90. The van der Waals surface area contributed by atoms with Gasteiger partial charge in [-0.3, -0.25) is 0 Å². The molecule has 0 spiro atoms. The number of unbranched alkanes of at least 4 members (excludes halogenated alkanes) is 14. The molecule has 0 aliphatic carbocycles. The van der Waals surface area contributed by atoms with Crippen molar-refractivity contribution in [3.8, 4) is 0 Å². The fourth-order valence-electron chi connectivity index (χ4n) is 3.88. The number of hydrogen-bond acceptors (Lipinski definition) is 4. The number of sulfonamides is 2. The van der Waals surface area contributed by atoms with Gasteiger partial charge in [-0.1, -0.05) is 96.8 Å². The van der Waals surface area contributed by atoms with Crippen LogP contribution in [0.5, 0.6) is 0 Å². The highest BCUT2D eigenvalue weighted by Crippen LogP contribution is 2.18. The van der Waals surface area contributed by atoms with Crippen LogP contribution < -0.4 is 0 Å². The molecule has 1 N–H and O–H groups in total. The molecule has 1 fully saturated rings. The van der Waals surface area contributed by atoms with E-state index < -0.39 is 20.0 Å². The maximum absolute atomic E-state index is 10.5. The SMILES string of the molecule is CCCCCCCCCCCCCCCCCc1ccc[nH]1.O=S1(=O)CCCS(=O)(=O)[N-]1. The molecule has 1 aliphatic rings. The summed E-state index contributed by atoms with van der Waals surface area (Å²) in [7, 11) is -7.31. The predicted molar refractivity (Wildman–Crippen MR) is 135 cm³/mol. The molecule has 32 heavy (non-hydrogen) atoms. The Morgan fingerprint density at radius 2 is 1.16 bits per heavy atom. The number of rotatable bonds is 16. The van der Waals surface area contributed by atoms with Crippen LogP contribution in [0.1, 0.15) is 115 Å². The van der Waals surface area contributed by atoms with E-state index in [0.29, 0.717) is 0 Å². The zero-order chi connectivity index (χ0) is 23.5. The van der Waals surface area contributed by atoms with Crippen molar-refractivity contribution in [2.45, 2.75) is 116 Å². The molecule has 1 saturated heterocycles. The number of nitrogens with zero attached hydrogens (tertiary/aromatic N) is 1. The van der Waals surface area contributed by atoms with E-state index in [1.165, 1.54) is 108 Å². The van der Waals surface area contributed by atoms with Gasteiger partial charge in [-0.05, 0) is 31.4 Å². The zero-order valence-electron chi connectivity index (χ0n) is 20.1. The van der Waals surface area contributed by atoms with Crippen molar-refractivity contribution < 1.29 is 16.8 Å². The first-order valence-electron chi connectivity index (χ1n) is 12.7. The van der Waals surface area contributed by atoms with Crippen molar-refractivity contribution in [1.29, 1.82) is 0 Å². The number of nitrogens with one attached hydrogen (secondary N) is 1. The van der Waals surface area contributed by atoms with Crippen LogP contribution in [0.15, 0.2) is 18.3 Å². The van der Waals surface area contributed by atoms with E-state index in [1.807, 2.05) is 6.20 Å². The van der Waals surface area contributed by atoms with Crippen LogP contribution in [0, 0.1) is 0 Å². The normalized spacial score (nSPS) is 16.9. The Morgan fingerprint density at radius 1 is 0.719 bits per heavy atom. The van der Waals surface area contributed by atoms with Crippen molar-refractivity contribution in [2.24, 2.45) is 0 Å². The lowest BCUT2D eigenvalue weighted by molar-refractivity contribution is 0.532. The lowest BCUT2D eigenvalue weighted by Gasteiger charge is -2.25. The van der Waals surface area contributed by atoms with E-state index in [0.717, 1.165) is 0 Å². The number of hydrogen-bond donors (Lipinski definition) is 1. The molecule has 0 bridgehead atoms. The van der Waals surface area contributed by atoms with Gasteiger partial charge in [0.15, 0.2) is 0 Å². The Labute approximate surface area is 197 Å². The van der Waals surface area contributed by atoms with Crippen molar-refractivity contribution >= 4 is 20.0 Å². The van der Waals surface area contributed by atoms with Gasteiger partial charge >= 0.3 is 0 Å².